The summed E-state index contributed by atoms with van der Waals surface area (Å²) in [6.07, 6.45) is 0.924. The molecule has 0 radical (unpaired) electrons. The second-order valence-electron chi connectivity index (χ2n) is 7.21. The number of fused-ring (bicyclic) bond motifs is 2. The van der Waals surface area contributed by atoms with Crippen molar-refractivity contribution in [3.8, 4) is 17.2 Å². The Kier molecular flexibility index (Phi) is 5.55. The number of carbonyl (C=O) groups is 1. The number of hydrogen-bond donors (Lipinski definition) is 0. The summed E-state index contributed by atoms with van der Waals surface area (Å²) in [7, 11) is 6.22. The number of esters is 1. The third-order valence-electron chi connectivity index (χ3n) is 5.54. The molecule has 0 aliphatic carbocycles. The topological polar surface area (TPSA) is 70.4 Å². The fraction of sp³-hybridized carbons (Fsp3) is 0.348. The highest BCUT2D eigenvalue weighted by Crippen LogP contribution is 2.35. The third kappa shape index (κ3) is 3.57. The molecule has 7 nitrogen and oxygen atoms in total. The predicted octanol–water partition coefficient (Wildman–Crippen LogP) is 3.80. The van der Waals surface area contributed by atoms with Gasteiger partial charge in [-0.3, -0.25) is 4.90 Å². The van der Waals surface area contributed by atoms with Gasteiger partial charge < -0.3 is 23.4 Å². The molecular weight excluding hydrogens is 386 g/mol. The van der Waals surface area contributed by atoms with Gasteiger partial charge in [-0.2, -0.15) is 0 Å². The standard InChI is InChI=1S/C23H25NO6/c1-26-18-6-5-15(17-11-21(23(25)29-4)30-22(17)18)12-24-8-7-14-9-19(27-2)20(28-3)10-16(14)13-24/h5-6,9-11H,7-8,12-13H2,1-4H3. The van der Waals surface area contributed by atoms with E-state index in [9.17, 15) is 4.79 Å². The highest BCUT2D eigenvalue weighted by Gasteiger charge is 2.22. The lowest BCUT2D eigenvalue weighted by atomic mass is 9.98. The molecular formula is C23H25NO6. The second kappa shape index (κ2) is 8.28. The fourth-order valence-electron chi connectivity index (χ4n) is 3.97. The molecule has 0 bridgehead atoms. The Labute approximate surface area is 175 Å². The molecule has 0 spiro atoms. The number of furan rings is 1. The largest absolute Gasteiger partial charge is 0.493 e. The Hall–Kier alpha value is -3.19. The van der Waals surface area contributed by atoms with Gasteiger partial charge in [0.25, 0.3) is 0 Å². The number of rotatable bonds is 6. The molecule has 0 saturated carbocycles. The summed E-state index contributed by atoms with van der Waals surface area (Å²) in [6.45, 7) is 2.43. The van der Waals surface area contributed by atoms with Gasteiger partial charge in [0.1, 0.15) is 0 Å². The van der Waals surface area contributed by atoms with E-state index in [0.717, 1.165) is 42.0 Å². The van der Waals surface area contributed by atoms with Crippen LogP contribution in [-0.4, -0.2) is 45.9 Å². The quantitative estimate of drug-likeness (QED) is 0.571. The van der Waals surface area contributed by atoms with Gasteiger partial charge >= 0.3 is 5.97 Å². The smallest absolute Gasteiger partial charge is 0.373 e. The van der Waals surface area contributed by atoms with E-state index < -0.39 is 5.97 Å². The number of nitrogens with zero attached hydrogens (tertiary/aromatic N) is 1. The van der Waals surface area contributed by atoms with Crippen LogP contribution in [0, 0.1) is 0 Å². The Morgan fingerprint density at radius 2 is 1.67 bits per heavy atom. The third-order valence-corrected chi connectivity index (χ3v) is 5.54. The zero-order valence-corrected chi connectivity index (χ0v) is 17.6. The Balaban J connectivity index is 1.63. The van der Waals surface area contributed by atoms with E-state index in [1.54, 1.807) is 27.4 Å². The van der Waals surface area contributed by atoms with Crippen molar-refractivity contribution >= 4 is 16.9 Å². The Morgan fingerprint density at radius 1 is 0.967 bits per heavy atom. The molecule has 30 heavy (non-hydrogen) atoms. The van der Waals surface area contributed by atoms with Crippen LogP contribution in [0.2, 0.25) is 0 Å². The average Bonchev–Trinajstić information content (AvgIpc) is 3.23. The van der Waals surface area contributed by atoms with Gasteiger partial charge in [-0.1, -0.05) is 6.07 Å². The summed E-state index contributed by atoms with van der Waals surface area (Å²) in [4.78, 5) is 14.3. The molecule has 0 unspecified atom stereocenters. The van der Waals surface area contributed by atoms with Crippen LogP contribution in [0.25, 0.3) is 11.0 Å². The first-order valence-electron chi connectivity index (χ1n) is 9.71. The maximum atomic E-state index is 11.9. The van der Waals surface area contributed by atoms with E-state index in [0.29, 0.717) is 17.9 Å². The number of benzene rings is 2. The van der Waals surface area contributed by atoms with Crippen LogP contribution in [0.15, 0.2) is 34.7 Å². The van der Waals surface area contributed by atoms with Crippen LogP contribution in [0.1, 0.15) is 27.2 Å². The molecule has 0 amide bonds. The van der Waals surface area contributed by atoms with Gasteiger partial charge in [0.05, 0.1) is 28.4 Å². The highest BCUT2D eigenvalue weighted by molar-refractivity contribution is 5.95. The van der Waals surface area contributed by atoms with Gasteiger partial charge in [0.15, 0.2) is 22.8 Å². The fourth-order valence-corrected chi connectivity index (χ4v) is 3.97. The highest BCUT2D eigenvalue weighted by atomic mass is 16.5. The first-order valence-corrected chi connectivity index (χ1v) is 9.71. The Morgan fingerprint density at radius 3 is 2.33 bits per heavy atom. The van der Waals surface area contributed by atoms with Crippen molar-refractivity contribution in [2.75, 3.05) is 35.0 Å². The van der Waals surface area contributed by atoms with Crippen molar-refractivity contribution < 1.29 is 28.2 Å². The van der Waals surface area contributed by atoms with E-state index in [2.05, 4.69) is 17.0 Å². The predicted molar refractivity (Wildman–Crippen MR) is 111 cm³/mol. The van der Waals surface area contributed by atoms with E-state index in [1.807, 2.05) is 12.1 Å². The normalized spacial score (nSPS) is 13.7. The maximum Gasteiger partial charge on any atom is 0.373 e. The molecule has 3 aromatic rings. The summed E-state index contributed by atoms with van der Waals surface area (Å²) < 4.78 is 26.8. The summed E-state index contributed by atoms with van der Waals surface area (Å²) >= 11 is 0. The molecule has 0 atom stereocenters. The minimum atomic E-state index is -0.507. The summed E-state index contributed by atoms with van der Waals surface area (Å²) in [5, 5.41) is 0.854. The van der Waals surface area contributed by atoms with Crippen molar-refractivity contribution in [1.82, 2.24) is 4.90 Å². The minimum Gasteiger partial charge on any atom is -0.493 e. The number of ether oxygens (including phenoxy) is 4. The van der Waals surface area contributed by atoms with Crippen LogP contribution >= 0.6 is 0 Å². The zero-order valence-electron chi connectivity index (χ0n) is 17.6. The number of carbonyl (C=O) groups excluding carboxylic acids is 1. The molecule has 2 heterocycles. The number of hydrogen-bond acceptors (Lipinski definition) is 7. The van der Waals surface area contributed by atoms with Gasteiger partial charge in [-0.25, -0.2) is 4.79 Å². The van der Waals surface area contributed by atoms with Crippen molar-refractivity contribution in [2.45, 2.75) is 19.5 Å². The van der Waals surface area contributed by atoms with Crippen molar-refractivity contribution in [3.05, 3.63) is 52.8 Å². The van der Waals surface area contributed by atoms with E-state index in [1.165, 1.54) is 18.2 Å². The summed E-state index contributed by atoms with van der Waals surface area (Å²) in [6, 6.07) is 9.73. The van der Waals surface area contributed by atoms with Crippen LogP contribution < -0.4 is 14.2 Å². The van der Waals surface area contributed by atoms with Crippen molar-refractivity contribution in [1.29, 1.82) is 0 Å². The molecule has 158 valence electrons. The molecule has 0 N–H and O–H groups in total. The molecule has 0 saturated heterocycles. The molecule has 7 heteroatoms. The lowest BCUT2D eigenvalue weighted by Gasteiger charge is -2.29. The van der Waals surface area contributed by atoms with Crippen LogP contribution in [0.5, 0.6) is 17.2 Å². The molecule has 0 fully saturated rings. The van der Waals surface area contributed by atoms with Crippen molar-refractivity contribution in [2.24, 2.45) is 0 Å². The Bertz CT molecular complexity index is 1090. The van der Waals surface area contributed by atoms with Gasteiger partial charge in [-0.05, 0) is 47.4 Å². The van der Waals surface area contributed by atoms with E-state index >= 15 is 0 Å². The molecule has 1 aliphatic heterocycles. The minimum absolute atomic E-state index is 0.166. The van der Waals surface area contributed by atoms with Gasteiger partial charge in [0.2, 0.25) is 5.76 Å². The molecule has 1 aromatic heterocycles. The van der Waals surface area contributed by atoms with Crippen molar-refractivity contribution in [3.63, 3.8) is 0 Å². The van der Waals surface area contributed by atoms with Gasteiger partial charge in [0, 0.05) is 25.0 Å². The maximum absolute atomic E-state index is 11.9. The lowest BCUT2D eigenvalue weighted by Crippen LogP contribution is -2.30. The molecule has 4 rings (SSSR count). The molecule has 2 aromatic carbocycles. The zero-order chi connectivity index (χ0) is 21.3. The molecule has 1 aliphatic rings. The first-order chi connectivity index (χ1) is 14.6. The van der Waals surface area contributed by atoms with Crippen LogP contribution in [0.3, 0.4) is 0 Å². The lowest BCUT2D eigenvalue weighted by molar-refractivity contribution is 0.0567. The van der Waals surface area contributed by atoms with Gasteiger partial charge in [-0.15, -0.1) is 0 Å². The van der Waals surface area contributed by atoms with E-state index in [4.69, 9.17) is 23.4 Å². The second-order valence-corrected chi connectivity index (χ2v) is 7.21. The van der Waals surface area contributed by atoms with Crippen LogP contribution in [0.4, 0.5) is 0 Å². The summed E-state index contributed by atoms with van der Waals surface area (Å²) in [5.74, 6) is 1.74. The average molecular weight is 411 g/mol. The van der Waals surface area contributed by atoms with E-state index in [-0.39, 0.29) is 5.76 Å². The first kappa shape index (κ1) is 20.1. The number of methoxy groups -OCH3 is 4. The van der Waals surface area contributed by atoms with Crippen LogP contribution in [-0.2, 0) is 24.2 Å². The summed E-state index contributed by atoms with van der Waals surface area (Å²) in [5.41, 5.74) is 4.12. The SMILES string of the molecule is COC(=O)c1cc2c(CN3CCc4cc(OC)c(OC)cc4C3)ccc(OC)c2o1. The monoisotopic (exact) mass is 411 g/mol.